The van der Waals surface area contributed by atoms with Crippen molar-refractivity contribution in [3.63, 3.8) is 0 Å². The molecule has 5 heterocycles. The lowest BCUT2D eigenvalue weighted by Crippen LogP contribution is -2.54. The number of ether oxygens (including phenoxy) is 9. The fourth-order valence-electron chi connectivity index (χ4n) is 10.5. The van der Waals surface area contributed by atoms with Crippen LogP contribution in [0.15, 0.2) is 36.5 Å². The van der Waals surface area contributed by atoms with Crippen molar-refractivity contribution in [2.24, 2.45) is 0 Å². The third-order valence-corrected chi connectivity index (χ3v) is 15.0. The van der Waals surface area contributed by atoms with Gasteiger partial charge in [0.25, 0.3) is 29.5 Å². The maximum Gasteiger partial charge on any atom is 0.342 e. The normalized spacial score (nSPS) is 18.3. The van der Waals surface area contributed by atoms with Crippen molar-refractivity contribution in [3.8, 4) is 11.5 Å². The Balaban J connectivity index is 0.577. The minimum Gasteiger partial charge on any atom is -0.495 e. The Labute approximate surface area is 495 Å². The Kier molecular flexibility index (Phi) is 24.2. The number of carbonyl (C=O) groups excluding carboxylic acids is 7. The van der Waals surface area contributed by atoms with Gasteiger partial charge in [-0.3, -0.25) is 43.8 Å². The molecule has 26 nitrogen and oxygen atoms in total. The molecule has 1 atom stereocenters. The number of halogens is 3. The molecule has 1 unspecified atom stereocenters. The van der Waals surface area contributed by atoms with Crippen molar-refractivity contribution in [3.05, 3.63) is 59.0 Å². The fourth-order valence-corrected chi connectivity index (χ4v) is 10.5. The number of nitrogens with zero attached hydrogens (tertiary/aromatic N) is 6. The van der Waals surface area contributed by atoms with Gasteiger partial charge < -0.3 is 73.3 Å². The number of benzene rings is 2. The number of rotatable bonds is 34. The smallest absolute Gasteiger partial charge is 0.342 e. The number of anilines is 4. The zero-order chi connectivity index (χ0) is 61.0. The van der Waals surface area contributed by atoms with E-state index in [-0.39, 0.29) is 89.4 Å². The van der Waals surface area contributed by atoms with Crippen molar-refractivity contribution < 1.29 is 89.4 Å². The van der Waals surface area contributed by atoms with Crippen LogP contribution < -0.4 is 40.5 Å². The van der Waals surface area contributed by atoms with E-state index < -0.39 is 72.3 Å². The number of hydrogen-bond acceptors (Lipinski definition) is 21. The number of alkyl halides is 2. The maximum atomic E-state index is 15.6. The second-order valence-electron chi connectivity index (χ2n) is 20.8. The first-order valence-corrected chi connectivity index (χ1v) is 28.9. The number of hydrogen-bond donors (Lipinski definition) is 4. The summed E-state index contributed by atoms with van der Waals surface area (Å²) in [6, 6.07) is 5.27. The summed E-state index contributed by atoms with van der Waals surface area (Å²) in [6.07, 6.45) is 5.72. The first-order valence-electron chi connectivity index (χ1n) is 28.9. The molecule has 0 spiro atoms. The number of methoxy groups -OCH3 is 1. The highest BCUT2D eigenvalue weighted by molar-refractivity contribution is 6.24. The number of aromatic nitrogens is 2. The molecule has 4 N–H and O–H groups in total. The van der Waals surface area contributed by atoms with Crippen LogP contribution in [0.4, 0.5) is 36.3 Å². The molecule has 1 aliphatic carbocycles. The van der Waals surface area contributed by atoms with Crippen LogP contribution in [0, 0.1) is 5.82 Å². The summed E-state index contributed by atoms with van der Waals surface area (Å²) in [5.41, 5.74) is 0.0496. The molecule has 470 valence electrons. The van der Waals surface area contributed by atoms with Gasteiger partial charge >= 0.3 is 5.92 Å². The quantitative estimate of drug-likeness (QED) is 0.0494. The van der Waals surface area contributed by atoms with E-state index >= 15 is 13.2 Å². The van der Waals surface area contributed by atoms with Crippen molar-refractivity contribution in [1.82, 2.24) is 35.7 Å². The number of carbonyl (C=O) groups is 7. The van der Waals surface area contributed by atoms with E-state index in [0.717, 1.165) is 28.7 Å². The van der Waals surface area contributed by atoms with Crippen LogP contribution in [0.2, 0.25) is 0 Å². The molecule has 4 aliphatic heterocycles. The minimum absolute atomic E-state index is 0.00392. The van der Waals surface area contributed by atoms with Crippen LogP contribution in [-0.2, 0) is 52.3 Å². The zero-order valence-electron chi connectivity index (χ0n) is 48.3. The number of fused-ring (bicyclic) bond motifs is 2. The molecule has 3 fully saturated rings. The first-order chi connectivity index (χ1) is 41.6. The van der Waals surface area contributed by atoms with Gasteiger partial charge in [-0.2, -0.15) is 13.8 Å². The Bertz CT molecular complexity index is 2840. The highest BCUT2D eigenvalue weighted by Gasteiger charge is 2.49. The van der Waals surface area contributed by atoms with E-state index in [1.165, 1.54) is 49.5 Å². The number of piperidine rings is 2. The largest absolute Gasteiger partial charge is 0.495 e. The Hall–Kier alpha value is -7.12. The summed E-state index contributed by atoms with van der Waals surface area (Å²) >= 11 is 0. The summed E-state index contributed by atoms with van der Waals surface area (Å²) in [5, 5.41) is 10.7. The van der Waals surface area contributed by atoms with Crippen molar-refractivity contribution in [2.45, 2.75) is 75.4 Å². The first kappa shape index (κ1) is 64.9. The van der Waals surface area contributed by atoms with Crippen LogP contribution in [0.1, 0.15) is 82.4 Å². The summed E-state index contributed by atoms with van der Waals surface area (Å²) in [5.74, 6) is -9.16. The van der Waals surface area contributed by atoms with E-state index in [1.807, 2.05) is 0 Å². The van der Waals surface area contributed by atoms with Crippen LogP contribution in [0.3, 0.4) is 0 Å². The molecule has 1 saturated carbocycles. The standard InChI is InChI=1S/C57H75F3N10O16/c1-67-44-34-62-56(66-50(44)69(38-6-3-4-7-38)36-57(59,60)55(67)77)64-42-33-41(58)40(32-46(42)78-2)51(73)63-37-12-15-68(16-13-37)17-19-80-21-23-82-25-27-84-29-31-85-30-28-83-26-24-81-22-20-79-18-14-61-48(72)35-86-45-9-5-8-39-49(45)54(76)70(53(39)75)43-10-11-47(71)65-52(43)74/h5,8-9,32-34,37-38,43H,3-4,6-7,10-31,35-36H2,1-2H3,(H,61,72)(H,63,73)(H,62,64,66)(H,65,71,74). The lowest BCUT2D eigenvalue weighted by Gasteiger charge is -2.32. The van der Waals surface area contributed by atoms with E-state index in [2.05, 4.69) is 36.1 Å². The number of nitrogens with one attached hydrogen (secondary N) is 4. The monoisotopic (exact) mass is 1210 g/mol. The molecule has 29 heteroatoms. The van der Waals surface area contributed by atoms with Crippen molar-refractivity contribution >= 4 is 64.5 Å². The highest BCUT2D eigenvalue weighted by atomic mass is 19.3. The number of amides is 7. The van der Waals surface area contributed by atoms with Crippen molar-refractivity contribution in [1.29, 1.82) is 0 Å². The van der Waals surface area contributed by atoms with E-state index in [9.17, 15) is 33.6 Å². The van der Waals surface area contributed by atoms with Crippen LogP contribution in [-0.4, -0.2) is 231 Å². The summed E-state index contributed by atoms with van der Waals surface area (Å²) in [4.78, 5) is 103. The van der Waals surface area contributed by atoms with Gasteiger partial charge in [-0.1, -0.05) is 18.9 Å². The third-order valence-electron chi connectivity index (χ3n) is 15.0. The van der Waals surface area contributed by atoms with Gasteiger partial charge in [0.05, 0.1) is 135 Å². The second kappa shape index (κ2) is 32.0. The molecule has 0 radical (unpaired) electrons. The van der Waals surface area contributed by atoms with Crippen LogP contribution in [0.25, 0.3) is 0 Å². The van der Waals surface area contributed by atoms with E-state index in [4.69, 9.17) is 42.6 Å². The van der Waals surface area contributed by atoms with Gasteiger partial charge in [-0.25, -0.2) is 9.37 Å². The topological polar surface area (TPSA) is 289 Å². The Morgan fingerprint density at radius 3 is 2.00 bits per heavy atom. The van der Waals surface area contributed by atoms with Gasteiger partial charge in [0.15, 0.2) is 12.4 Å². The van der Waals surface area contributed by atoms with Gasteiger partial charge in [-0.05, 0) is 50.3 Å². The Morgan fingerprint density at radius 1 is 0.767 bits per heavy atom. The van der Waals surface area contributed by atoms with Crippen LogP contribution in [0.5, 0.6) is 11.5 Å². The number of likely N-dealkylation sites (tertiary alicyclic amines) is 1. The highest BCUT2D eigenvalue weighted by Crippen LogP contribution is 2.41. The molecular weight excluding hydrogens is 1140 g/mol. The molecule has 5 aliphatic rings. The summed E-state index contributed by atoms with van der Waals surface area (Å²) in [6.45, 7) is 6.41. The SMILES string of the molecule is COc1cc(C(=O)NC2CCN(CCOCCOCCOCCOCCOCCOCCOCCNC(=O)COc3cccc4c3C(=O)N(C3CCC(=O)NC3=O)C4=O)CC2)c(F)cc1Nc1ncc2c(n1)N(C1CCCC1)CC(F)(F)C(=O)N2C. The molecule has 2 aromatic carbocycles. The molecular formula is C57H75F3N10O16. The predicted octanol–water partition coefficient (Wildman–Crippen LogP) is 2.64. The average Bonchev–Trinajstić information content (AvgIpc) is 2.38. The third kappa shape index (κ3) is 17.5. The molecule has 2 saturated heterocycles. The summed E-state index contributed by atoms with van der Waals surface area (Å²) < 4.78 is 95.8. The van der Waals surface area contributed by atoms with Crippen LogP contribution >= 0.6 is 0 Å². The molecule has 86 heavy (non-hydrogen) atoms. The van der Waals surface area contributed by atoms with E-state index in [1.54, 1.807) is 0 Å². The maximum absolute atomic E-state index is 15.6. The second-order valence-corrected chi connectivity index (χ2v) is 20.8. The molecule has 1 aromatic heterocycles. The predicted molar refractivity (Wildman–Crippen MR) is 301 cm³/mol. The van der Waals surface area contributed by atoms with Crippen molar-refractivity contribution in [2.75, 3.05) is 161 Å². The zero-order valence-corrected chi connectivity index (χ0v) is 48.3. The van der Waals surface area contributed by atoms with Gasteiger partial charge in [-0.15, -0.1) is 0 Å². The molecule has 3 aromatic rings. The minimum atomic E-state index is -3.64. The van der Waals surface area contributed by atoms with Gasteiger partial charge in [0, 0.05) is 57.8 Å². The van der Waals surface area contributed by atoms with Gasteiger partial charge in [0.2, 0.25) is 17.8 Å². The lowest BCUT2D eigenvalue weighted by atomic mass is 10.0. The summed E-state index contributed by atoms with van der Waals surface area (Å²) in [7, 11) is 2.63. The molecule has 8 rings (SSSR count). The molecule has 7 amide bonds. The average molecular weight is 1210 g/mol. The molecule has 0 bridgehead atoms. The van der Waals surface area contributed by atoms with E-state index in [0.29, 0.717) is 131 Å². The fraction of sp³-hybridized carbons (Fsp3) is 0.596. The Morgan fingerprint density at radius 2 is 1.38 bits per heavy atom. The number of imide groups is 2. The lowest BCUT2D eigenvalue weighted by molar-refractivity contribution is -0.140. The van der Waals surface area contributed by atoms with Gasteiger partial charge in [0.1, 0.15) is 29.0 Å².